The molecule has 4 heteroatoms. The highest BCUT2D eigenvalue weighted by Gasteiger charge is 2.00. The van der Waals surface area contributed by atoms with Crippen LogP contribution < -0.4 is 10.6 Å². The predicted octanol–water partition coefficient (Wildman–Crippen LogP) is 4.27. The maximum Gasteiger partial charge on any atom is 0.318 e. The second kappa shape index (κ2) is 8.39. The van der Waals surface area contributed by atoms with Crippen LogP contribution in [0.2, 0.25) is 0 Å². The zero-order chi connectivity index (χ0) is 15.8. The van der Waals surface area contributed by atoms with Crippen molar-refractivity contribution >= 4 is 28.0 Å². The van der Waals surface area contributed by atoms with Crippen molar-refractivity contribution < 1.29 is 4.79 Å². The molecule has 2 aromatic carbocycles. The number of hydrogen-bond donors (Lipinski definition) is 2. The Balaban J connectivity index is 1.75. The van der Waals surface area contributed by atoms with E-state index in [2.05, 4.69) is 26.6 Å². The van der Waals surface area contributed by atoms with E-state index in [0.29, 0.717) is 6.54 Å². The predicted molar refractivity (Wildman–Crippen MR) is 94.6 cm³/mol. The van der Waals surface area contributed by atoms with E-state index in [9.17, 15) is 4.79 Å². The molecule has 0 saturated carbocycles. The highest BCUT2D eigenvalue weighted by molar-refractivity contribution is 9.10. The van der Waals surface area contributed by atoms with Crippen molar-refractivity contribution in [3.63, 3.8) is 0 Å². The third kappa shape index (κ3) is 5.04. The molecule has 0 unspecified atom stereocenters. The number of hydrogen-bond acceptors (Lipinski definition) is 1. The molecule has 22 heavy (non-hydrogen) atoms. The number of rotatable bonds is 5. The number of benzene rings is 2. The summed E-state index contributed by atoms with van der Waals surface area (Å²) in [6.45, 7) is 2.63. The fourth-order valence-corrected chi connectivity index (χ4v) is 2.53. The van der Waals surface area contributed by atoms with Crippen molar-refractivity contribution in [1.82, 2.24) is 10.6 Å². The van der Waals surface area contributed by atoms with Gasteiger partial charge in [-0.05, 0) is 42.2 Å². The van der Waals surface area contributed by atoms with Crippen molar-refractivity contribution in [3.05, 3.63) is 75.9 Å². The topological polar surface area (TPSA) is 41.1 Å². The first-order chi connectivity index (χ1) is 10.7. The molecule has 0 aromatic heterocycles. The molecule has 0 bridgehead atoms. The van der Waals surface area contributed by atoms with Gasteiger partial charge in [0, 0.05) is 17.2 Å². The molecule has 3 nitrogen and oxygen atoms in total. The van der Waals surface area contributed by atoms with Crippen LogP contribution >= 0.6 is 15.9 Å². The largest absolute Gasteiger partial charge is 0.338 e. The van der Waals surface area contributed by atoms with Gasteiger partial charge in [-0.3, -0.25) is 0 Å². The van der Waals surface area contributed by atoms with E-state index in [1.54, 1.807) is 6.20 Å². The monoisotopic (exact) mass is 358 g/mol. The van der Waals surface area contributed by atoms with Gasteiger partial charge in [-0.25, -0.2) is 4.79 Å². The van der Waals surface area contributed by atoms with E-state index in [-0.39, 0.29) is 6.03 Å². The van der Waals surface area contributed by atoms with Gasteiger partial charge in [-0.2, -0.15) is 0 Å². The van der Waals surface area contributed by atoms with Gasteiger partial charge in [0.2, 0.25) is 0 Å². The van der Waals surface area contributed by atoms with E-state index in [4.69, 9.17) is 0 Å². The number of halogens is 1. The van der Waals surface area contributed by atoms with Crippen LogP contribution in [0.1, 0.15) is 16.7 Å². The zero-order valence-corrected chi connectivity index (χ0v) is 14.1. The molecular weight excluding hydrogens is 340 g/mol. The molecule has 0 aliphatic rings. The molecular formula is C18H19BrN2O. The smallest absolute Gasteiger partial charge is 0.318 e. The van der Waals surface area contributed by atoms with Crippen molar-refractivity contribution in [3.8, 4) is 0 Å². The van der Waals surface area contributed by atoms with Crippen LogP contribution in [0, 0.1) is 6.92 Å². The summed E-state index contributed by atoms with van der Waals surface area (Å²) in [4.78, 5) is 11.7. The zero-order valence-electron chi connectivity index (χ0n) is 12.5. The number of urea groups is 1. The van der Waals surface area contributed by atoms with E-state index in [1.807, 2.05) is 61.5 Å². The first-order valence-corrected chi connectivity index (χ1v) is 7.96. The van der Waals surface area contributed by atoms with Crippen LogP contribution in [-0.2, 0) is 6.42 Å². The summed E-state index contributed by atoms with van der Waals surface area (Å²) in [5.41, 5.74) is 3.45. The number of aryl methyl sites for hydroxylation is 1. The Labute approximate surface area is 139 Å². The van der Waals surface area contributed by atoms with Crippen LogP contribution in [0.4, 0.5) is 4.79 Å². The summed E-state index contributed by atoms with van der Waals surface area (Å²) < 4.78 is 1.07. The third-order valence-electron chi connectivity index (χ3n) is 3.30. The molecule has 0 spiro atoms. The lowest BCUT2D eigenvalue weighted by molar-refractivity contribution is 0.244. The average molecular weight is 359 g/mol. The molecule has 0 atom stereocenters. The van der Waals surface area contributed by atoms with E-state index < -0.39 is 0 Å². The highest BCUT2D eigenvalue weighted by Crippen LogP contribution is 2.15. The Morgan fingerprint density at radius 3 is 2.64 bits per heavy atom. The Hall–Kier alpha value is -2.07. The van der Waals surface area contributed by atoms with Gasteiger partial charge < -0.3 is 10.6 Å². The SMILES string of the molecule is Cc1ccccc1/C=C/NC(=O)NCCc1ccccc1Br. The summed E-state index contributed by atoms with van der Waals surface area (Å²) in [6.07, 6.45) is 4.34. The normalized spacial score (nSPS) is 10.6. The van der Waals surface area contributed by atoms with Crippen LogP contribution in [0.5, 0.6) is 0 Å². The van der Waals surface area contributed by atoms with Crippen molar-refractivity contribution in [2.75, 3.05) is 6.54 Å². The minimum atomic E-state index is -0.197. The van der Waals surface area contributed by atoms with E-state index >= 15 is 0 Å². The van der Waals surface area contributed by atoms with Gasteiger partial charge in [0.05, 0.1) is 0 Å². The van der Waals surface area contributed by atoms with E-state index in [0.717, 1.165) is 16.5 Å². The van der Waals surface area contributed by atoms with Crippen LogP contribution in [0.15, 0.2) is 59.2 Å². The lowest BCUT2D eigenvalue weighted by Crippen LogP contribution is -2.33. The average Bonchev–Trinajstić information content (AvgIpc) is 2.51. The maximum atomic E-state index is 11.7. The summed E-state index contributed by atoms with van der Waals surface area (Å²) in [5, 5.41) is 5.55. The third-order valence-corrected chi connectivity index (χ3v) is 4.08. The van der Waals surface area contributed by atoms with Crippen molar-refractivity contribution in [2.45, 2.75) is 13.3 Å². The summed E-state index contributed by atoms with van der Waals surface area (Å²) >= 11 is 3.50. The fraction of sp³-hybridized carbons (Fsp3) is 0.167. The Kier molecular flexibility index (Phi) is 6.22. The lowest BCUT2D eigenvalue weighted by atomic mass is 10.1. The number of nitrogens with one attached hydrogen (secondary N) is 2. The number of carbonyl (C=O) groups excluding carboxylic acids is 1. The standard InChI is InChI=1S/C18H19BrN2O/c1-14-6-2-3-7-15(14)10-12-20-18(22)21-13-11-16-8-4-5-9-17(16)19/h2-10,12H,11,13H2,1H3,(H2,20,21,22)/b12-10+. The molecule has 2 amide bonds. The quantitative estimate of drug-likeness (QED) is 0.823. The fourth-order valence-electron chi connectivity index (χ4n) is 2.04. The molecule has 114 valence electrons. The summed E-state index contributed by atoms with van der Waals surface area (Å²) in [6, 6.07) is 15.8. The first-order valence-electron chi connectivity index (χ1n) is 7.17. The molecule has 0 saturated heterocycles. The minimum absolute atomic E-state index is 0.197. The number of carbonyl (C=O) groups is 1. The van der Waals surface area contributed by atoms with Gasteiger partial charge >= 0.3 is 6.03 Å². The summed E-state index contributed by atoms with van der Waals surface area (Å²) in [5.74, 6) is 0. The molecule has 0 radical (unpaired) electrons. The maximum absolute atomic E-state index is 11.7. The molecule has 0 heterocycles. The molecule has 2 aromatic rings. The van der Waals surface area contributed by atoms with Crippen molar-refractivity contribution in [2.24, 2.45) is 0 Å². The second-order valence-electron chi connectivity index (χ2n) is 4.93. The molecule has 2 rings (SSSR count). The summed E-state index contributed by atoms with van der Waals surface area (Å²) in [7, 11) is 0. The minimum Gasteiger partial charge on any atom is -0.338 e. The van der Waals surface area contributed by atoms with Gasteiger partial charge in [-0.1, -0.05) is 58.4 Å². The van der Waals surface area contributed by atoms with E-state index in [1.165, 1.54) is 11.1 Å². The Morgan fingerprint density at radius 1 is 1.14 bits per heavy atom. The van der Waals surface area contributed by atoms with Crippen LogP contribution in [-0.4, -0.2) is 12.6 Å². The molecule has 0 aliphatic carbocycles. The van der Waals surface area contributed by atoms with Gasteiger partial charge in [0.15, 0.2) is 0 Å². The first kappa shape index (κ1) is 16.3. The van der Waals surface area contributed by atoms with Gasteiger partial charge in [0.1, 0.15) is 0 Å². The molecule has 0 fully saturated rings. The van der Waals surface area contributed by atoms with Gasteiger partial charge in [0.25, 0.3) is 0 Å². The second-order valence-corrected chi connectivity index (χ2v) is 5.79. The highest BCUT2D eigenvalue weighted by atomic mass is 79.9. The van der Waals surface area contributed by atoms with Gasteiger partial charge in [-0.15, -0.1) is 0 Å². The van der Waals surface area contributed by atoms with Crippen LogP contribution in [0.3, 0.4) is 0 Å². The Bertz CT molecular complexity index is 668. The number of amides is 2. The lowest BCUT2D eigenvalue weighted by Gasteiger charge is -2.06. The molecule has 0 aliphatic heterocycles. The van der Waals surface area contributed by atoms with Crippen molar-refractivity contribution in [1.29, 1.82) is 0 Å². The Morgan fingerprint density at radius 2 is 1.86 bits per heavy atom. The van der Waals surface area contributed by atoms with Crippen LogP contribution in [0.25, 0.3) is 6.08 Å². The molecule has 2 N–H and O–H groups in total.